The van der Waals surface area contributed by atoms with E-state index in [4.69, 9.17) is 14.2 Å². The topological polar surface area (TPSA) is 80.3 Å². The van der Waals surface area contributed by atoms with Crippen molar-refractivity contribution in [3.05, 3.63) is 36.0 Å². The maximum absolute atomic E-state index is 12.9. The van der Waals surface area contributed by atoms with E-state index in [0.717, 1.165) is 37.8 Å². The maximum atomic E-state index is 12.9. The third-order valence-electron chi connectivity index (χ3n) is 5.52. The van der Waals surface area contributed by atoms with Crippen LogP contribution in [0.4, 0.5) is 11.5 Å². The van der Waals surface area contributed by atoms with E-state index in [2.05, 4.69) is 26.1 Å². The van der Waals surface area contributed by atoms with E-state index >= 15 is 0 Å². The molecule has 2 saturated heterocycles. The second-order valence-corrected chi connectivity index (χ2v) is 7.22. The zero-order chi connectivity index (χ0) is 20.9. The highest BCUT2D eigenvalue weighted by molar-refractivity contribution is 5.95. The second kappa shape index (κ2) is 9.17. The number of methoxy groups -OCH3 is 2. The number of morpholine rings is 1. The van der Waals surface area contributed by atoms with Crippen molar-refractivity contribution in [1.82, 2.24) is 15.1 Å². The minimum absolute atomic E-state index is 0.0104. The molecule has 0 unspecified atom stereocenters. The molecule has 9 heteroatoms. The first-order chi connectivity index (χ1) is 14.7. The molecule has 3 heterocycles. The van der Waals surface area contributed by atoms with Crippen molar-refractivity contribution in [2.45, 2.75) is 0 Å². The van der Waals surface area contributed by atoms with Crippen LogP contribution in [0.2, 0.25) is 0 Å². The molecule has 0 bridgehead atoms. The lowest BCUT2D eigenvalue weighted by molar-refractivity contribution is 0.0746. The summed E-state index contributed by atoms with van der Waals surface area (Å²) < 4.78 is 16.0. The number of nitrogens with zero attached hydrogens (tertiary/aromatic N) is 5. The molecule has 1 aromatic carbocycles. The molecule has 1 amide bonds. The average Bonchev–Trinajstić information content (AvgIpc) is 2.84. The summed E-state index contributed by atoms with van der Waals surface area (Å²) in [7, 11) is 3.15. The van der Waals surface area contributed by atoms with Gasteiger partial charge in [0.05, 0.1) is 39.3 Å². The van der Waals surface area contributed by atoms with Gasteiger partial charge in [-0.15, -0.1) is 5.10 Å². The van der Waals surface area contributed by atoms with Gasteiger partial charge in [-0.25, -0.2) is 0 Å². The van der Waals surface area contributed by atoms with Gasteiger partial charge < -0.3 is 28.9 Å². The average molecular weight is 413 g/mol. The highest BCUT2D eigenvalue weighted by Gasteiger charge is 2.24. The Morgan fingerprint density at radius 3 is 2.37 bits per heavy atom. The molecule has 0 atom stereocenters. The van der Waals surface area contributed by atoms with E-state index in [1.54, 1.807) is 38.6 Å². The van der Waals surface area contributed by atoms with Gasteiger partial charge in [0.1, 0.15) is 0 Å². The van der Waals surface area contributed by atoms with E-state index in [-0.39, 0.29) is 5.91 Å². The number of piperazine rings is 1. The lowest BCUT2D eigenvalue weighted by atomic mass is 10.1. The summed E-state index contributed by atoms with van der Waals surface area (Å²) in [6.45, 7) is 5.84. The molecule has 0 N–H and O–H groups in total. The van der Waals surface area contributed by atoms with E-state index < -0.39 is 0 Å². The van der Waals surface area contributed by atoms with Crippen LogP contribution in [0.5, 0.6) is 11.5 Å². The number of hydrogen-bond donors (Lipinski definition) is 0. The summed E-state index contributed by atoms with van der Waals surface area (Å²) in [4.78, 5) is 19.2. The summed E-state index contributed by atoms with van der Waals surface area (Å²) in [6, 6.07) is 7.33. The largest absolute Gasteiger partial charge is 0.493 e. The van der Waals surface area contributed by atoms with Gasteiger partial charge in [-0.3, -0.25) is 4.79 Å². The molecular formula is C21H27N5O4. The smallest absolute Gasteiger partial charge is 0.254 e. The highest BCUT2D eigenvalue weighted by Crippen LogP contribution is 2.28. The Labute approximate surface area is 176 Å². The van der Waals surface area contributed by atoms with Crippen LogP contribution < -0.4 is 19.3 Å². The van der Waals surface area contributed by atoms with Crippen LogP contribution in [0.1, 0.15) is 10.4 Å². The van der Waals surface area contributed by atoms with Gasteiger partial charge in [0.15, 0.2) is 17.3 Å². The van der Waals surface area contributed by atoms with Crippen molar-refractivity contribution in [3.63, 3.8) is 0 Å². The third kappa shape index (κ3) is 4.25. The fourth-order valence-electron chi connectivity index (χ4n) is 3.79. The van der Waals surface area contributed by atoms with Crippen molar-refractivity contribution in [2.24, 2.45) is 0 Å². The van der Waals surface area contributed by atoms with Gasteiger partial charge in [-0.05, 0) is 18.2 Å². The minimum atomic E-state index is -0.0104. The second-order valence-electron chi connectivity index (χ2n) is 7.22. The van der Waals surface area contributed by atoms with Crippen LogP contribution in [0.15, 0.2) is 30.5 Å². The van der Waals surface area contributed by atoms with Crippen LogP contribution in [-0.4, -0.2) is 87.7 Å². The number of benzene rings is 1. The van der Waals surface area contributed by atoms with Crippen LogP contribution >= 0.6 is 0 Å². The van der Waals surface area contributed by atoms with Gasteiger partial charge in [0.25, 0.3) is 5.91 Å². The molecule has 30 heavy (non-hydrogen) atoms. The molecule has 2 aromatic rings. The quantitative estimate of drug-likeness (QED) is 0.726. The van der Waals surface area contributed by atoms with Crippen molar-refractivity contribution >= 4 is 17.4 Å². The summed E-state index contributed by atoms with van der Waals surface area (Å²) in [5.74, 6) is 2.00. The molecule has 160 valence electrons. The summed E-state index contributed by atoms with van der Waals surface area (Å²) >= 11 is 0. The zero-order valence-corrected chi connectivity index (χ0v) is 17.4. The molecule has 0 saturated carbocycles. The Morgan fingerprint density at radius 1 is 0.933 bits per heavy atom. The number of carbonyl (C=O) groups excluding carboxylic acids is 1. The molecular weight excluding hydrogens is 386 g/mol. The van der Waals surface area contributed by atoms with Gasteiger partial charge in [-0.1, -0.05) is 0 Å². The molecule has 0 spiro atoms. The van der Waals surface area contributed by atoms with E-state index in [1.807, 2.05) is 4.90 Å². The van der Waals surface area contributed by atoms with Crippen LogP contribution in [0.3, 0.4) is 0 Å². The van der Waals surface area contributed by atoms with Gasteiger partial charge in [-0.2, -0.15) is 5.10 Å². The molecule has 2 aliphatic rings. The number of aromatic nitrogens is 2. The Morgan fingerprint density at radius 2 is 1.67 bits per heavy atom. The molecule has 2 fully saturated rings. The van der Waals surface area contributed by atoms with E-state index in [1.165, 1.54) is 0 Å². The predicted octanol–water partition coefficient (Wildman–Crippen LogP) is 1.29. The first-order valence-corrected chi connectivity index (χ1v) is 10.1. The molecule has 4 rings (SSSR count). The van der Waals surface area contributed by atoms with Crippen molar-refractivity contribution < 1.29 is 19.0 Å². The number of anilines is 2. The molecule has 0 radical (unpaired) electrons. The Bertz CT molecular complexity index is 879. The van der Waals surface area contributed by atoms with Crippen LogP contribution in [-0.2, 0) is 4.74 Å². The zero-order valence-electron chi connectivity index (χ0n) is 17.4. The third-order valence-corrected chi connectivity index (χ3v) is 5.52. The summed E-state index contributed by atoms with van der Waals surface area (Å²) in [5.41, 5.74) is 1.65. The lowest BCUT2D eigenvalue weighted by Crippen LogP contribution is -2.49. The monoisotopic (exact) mass is 413 g/mol. The highest BCUT2D eigenvalue weighted by atomic mass is 16.5. The number of carbonyl (C=O) groups is 1. The minimum Gasteiger partial charge on any atom is -0.493 e. The maximum Gasteiger partial charge on any atom is 0.254 e. The molecule has 1 aromatic heterocycles. The van der Waals surface area contributed by atoms with Gasteiger partial charge >= 0.3 is 0 Å². The number of rotatable bonds is 5. The molecule has 0 aliphatic carbocycles. The Hall–Kier alpha value is -3.07. The number of ether oxygens (including phenoxy) is 3. The number of amides is 1. The summed E-state index contributed by atoms with van der Waals surface area (Å²) in [6.07, 6.45) is 1.80. The first kappa shape index (κ1) is 20.2. The normalized spacial score (nSPS) is 17.1. The first-order valence-electron chi connectivity index (χ1n) is 10.1. The van der Waals surface area contributed by atoms with Crippen LogP contribution in [0.25, 0.3) is 0 Å². The SMILES string of the molecule is COc1ccc(C(=O)N2CCN(c3cc(N4CCOCC4)cnn3)CC2)cc1OC. The van der Waals surface area contributed by atoms with E-state index in [9.17, 15) is 4.79 Å². The number of hydrogen-bond acceptors (Lipinski definition) is 8. The summed E-state index contributed by atoms with van der Waals surface area (Å²) in [5, 5.41) is 8.50. The van der Waals surface area contributed by atoms with E-state index in [0.29, 0.717) is 43.2 Å². The van der Waals surface area contributed by atoms with Crippen molar-refractivity contribution in [2.75, 3.05) is 76.5 Å². The Kier molecular flexibility index (Phi) is 6.18. The fourth-order valence-corrected chi connectivity index (χ4v) is 3.79. The lowest BCUT2D eigenvalue weighted by Gasteiger charge is -2.36. The van der Waals surface area contributed by atoms with Gasteiger partial charge in [0, 0.05) is 50.9 Å². The Balaban J connectivity index is 1.40. The van der Waals surface area contributed by atoms with Crippen molar-refractivity contribution in [3.8, 4) is 11.5 Å². The fraction of sp³-hybridized carbons (Fsp3) is 0.476. The standard InChI is InChI=1S/C21H27N5O4/c1-28-18-4-3-16(13-19(18)29-2)21(27)26-7-5-25(6-8-26)20-14-17(15-22-23-20)24-9-11-30-12-10-24/h3-4,13-15H,5-12H2,1-2H3. The van der Waals surface area contributed by atoms with Gasteiger partial charge in [0.2, 0.25) is 0 Å². The predicted molar refractivity (Wildman–Crippen MR) is 113 cm³/mol. The van der Waals surface area contributed by atoms with Crippen molar-refractivity contribution in [1.29, 1.82) is 0 Å². The van der Waals surface area contributed by atoms with Crippen LogP contribution in [0, 0.1) is 0 Å². The molecule has 9 nitrogen and oxygen atoms in total. The molecule has 2 aliphatic heterocycles.